The van der Waals surface area contributed by atoms with Crippen molar-refractivity contribution in [3.8, 4) is 11.5 Å². The number of rotatable bonds is 4. The Labute approximate surface area is 120 Å². The molecule has 0 bridgehead atoms. The highest BCUT2D eigenvalue weighted by atomic mass is 79.9. The maximum absolute atomic E-state index is 12.3. The molecule has 0 fully saturated rings. The van der Waals surface area contributed by atoms with Gasteiger partial charge in [0.1, 0.15) is 10.2 Å². The van der Waals surface area contributed by atoms with Crippen molar-refractivity contribution in [1.82, 2.24) is 4.90 Å². The van der Waals surface area contributed by atoms with Gasteiger partial charge in [0, 0.05) is 13.1 Å². The zero-order valence-electron chi connectivity index (χ0n) is 10.5. The third-order valence-corrected chi connectivity index (χ3v) is 3.66. The molecular weight excluding hydrogens is 321 g/mol. The van der Waals surface area contributed by atoms with E-state index in [9.17, 15) is 9.90 Å². The van der Waals surface area contributed by atoms with Gasteiger partial charge < -0.3 is 14.7 Å². The Hall–Kier alpha value is -0.940. The van der Waals surface area contributed by atoms with Crippen molar-refractivity contribution in [2.75, 3.05) is 20.2 Å². The van der Waals surface area contributed by atoms with Gasteiger partial charge in [-0.25, -0.2) is 0 Å². The molecule has 0 atom stereocenters. The summed E-state index contributed by atoms with van der Waals surface area (Å²) in [6, 6.07) is 1.42. The zero-order chi connectivity index (χ0) is 13.9. The minimum atomic E-state index is -0.181. The van der Waals surface area contributed by atoms with E-state index in [1.54, 1.807) is 4.90 Å². The van der Waals surface area contributed by atoms with Crippen LogP contribution in [0, 0.1) is 0 Å². The molecule has 100 valence electrons. The molecule has 18 heavy (non-hydrogen) atoms. The first-order valence-electron chi connectivity index (χ1n) is 5.52. The van der Waals surface area contributed by atoms with Crippen molar-refractivity contribution in [2.24, 2.45) is 0 Å². The number of phenols is 1. The number of methoxy groups -OCH3 is 1. The monoisotopic (exact) mass is 335 g/mol. The van der Waals surface area contributed by atoms with E-state index in [0.717, 1.165) is 0 Å². The number of halogens is 2. The standard InChI is InChI=1S/C12H15BrClNO3/c1-4-15(5-2)12(17)7-6-8(14)10(16)9(13)11(7)18-3/h6,16H,4-5H2,1-3H3. The van der Waals surface area contributed by atoms with E-state index in [1.807, 2.05) is 13.8 Å². The molecule has 6 heteroatoms. The molecule has 0 radical (unpaired) electrons. The van der Waals surface area contributed by atoms with Crippen LogP contribution >= 0.6 is 27.5 Å². The Morgan fingerprint density at radius 2 is 2.06 bits per heavy atom. The van der Waals surface area contributed by atoms with Crippen LogP contribution in [0.1, 0.15) is 24.2 Å². The van der Waals surface area contributed by atoms with Crippen molar-refractivity contribution in [3.05, 3.63) is 21.1 Å². The molecule has 0 aliphatic heterocycles. The van der Waals surface area contributed by atoms with Crippen molar-refractivity contribution >= 4 is 33.4 Å². The first kappa shape index (κ1) is 15.1. The van der Waals surface area contributed by atoms with Gasteiger partial charge in [0.2, 0.25) is 0 Å². The molecule has 1 N–H and O–H groups in total. The molecule has 0 aliphatic carbocycles. The first-order valence-corrected chi connectivity index (χ1v) is 6.69. The van der Waals surface area contributed by atoms with Crippen LogP contribution in [-0.4, -0.2) is 36.1 Å². The van der Waals surface area contributed by atoms with Gasteiger partial charge in [0.25, 0.3) is 5.91 Å². The molecule has 1 rings (SSSR count). The summed E-state index contributed by atoms with van der Waals surface area (Å²) in [7, 11) is 1.44. The van der Waals surface area contributed by atoms with E-state index in [1.165, 1.54) is 13.2 Å². The Bertz CT molecular complexity index is 461. The third kappa shape index (κ3) is 2.72. The number of hydrogen-bond acceptors (Lipinski definition) is 3. The van der Waals surface area contributed by atoms with E-state index < -0.39 is 0 Å². The van der Waals surface area contributed by atoms with Crippen LogP contribution in [0.4, 0.5) is 0 Å². The van der Waals surface area contributed by atoms with Crippen molar-refractivity contribution in [2.45, 2.75) is 13.8 Å². The van der Waals surface area contributed by atoms with Crippen LogP contribution in [0.5, 0.6) is 11.5 Å². The third-order valence-electron chi connectivity index (χ3n) is 2.63. The summed E-state index contributed by atoms with van der Waals surface area (Å²) in [6.07, 6.45) is 0. The number of carbonyl (C=O) groups is 1. The lowest BCUT2D eigenvalue weighted by Gasteiger charge is -2.21. The minimum absolute atomic E-state index is 0.109. The van der Waals surface area contributed by atoms with E-state index in [0.29, 0.717) is 18.7 Å². The number of benzene rings is 1. The smallest absolute Gasteiger partial charge is 0.257 e. The van der Waals surface area contributed by atoms with Gasteiger partial charge in [-0.3, -0.25) is 4.79 Å². The fourth-order valence-electron chi connectivity index (χ4n) is 1.63. The minimum Gasteiger partial charge on any atom is -0.505 e. The molecular formula is C12H15BrClNO3. The summed E-state index contributed by atoms with van der Waals surface area (Å²) in [5.74, 6) is -0.0298. The van der Waals surface area contributed by atoms with E-state index >= 15 is 0 Å². The Morgan fingerprint density at radius 3 is 2.50 bits per heavy atom. The predicted octanol–water partition coefficient (Wildman–Crippen LogP) is 3.30. The topological polar surface area (TPSA) is 49.8 Å². The Kier molecular flexibility index (Phi) is 5.28. The molecule has 0 spiro atoms. The highest BCUT2D eigenvalue weighted by molar-refractivity contribution is 9.10. The highest BCUT2D eigenvalue weighted by Crippen LogP contribution is 2.42. The molecule has 1 aromatic carbocycles. The van der Waals surface area contributed by atoms with Crippen LogP contribution in [0.15, 0.2) is 10.5 Å². The quantitative estimate of drug-likeness (QED) is 0.918. The maximum atomic E-state index is 12.3. The fraction of sp³-hybridized carbons (Fsp3) is 0.417. The average molecular weight is 337 g/mol. The molecule has 0 aromatic heterocycles. The van der Waals surface area contributed by atoms with Crippen LogP contribution in [-0.2, 0) is 0 Å². The summed E-state index contributed by atoms with van der Waals surface area (Å²) < 4.78 is 5.44. The van der Waals surface area contributed by atoms with Crippen molar-refractivity contribution in [3.63, 3.8) is 0 Å². The maximum Gasteiger partial charge on any atom is 0.257 e. The SMILES string of the molecule is CCN(CC)C(=O)c1cc(Cl)c(O)c(Br)c1OC. The summed E-state index contributed by atoms with van der Waals surface area (Å²) in [4.78, 5) is 13.9. The highest BCUT2D eigenvalue weighted by Gasteiger charge is 2.23. The summed E-state index contributed by atoms with van der Waals surface area (Å²) in [5.41, 5.74) is 0.330. The number of hydrogen-bond donors (Lipinski definition) is 1. The average Bonchev–Trinajstić information content (AvgIpc) is 2.36. The molecule has 1 amide bonds. The number of nitrogens with zero attached hydrogens (tertiary/aromatic N) is 1. The first-order chi connectivity index (χ1) is 8.47. The molecule has 1 aromatic rings. The fourth-order valence-corrected chi connectivity index (χ4v) is 2.54. The number of amides is 1. The van der Waals surface area contributed by atoms with E-state index in [-0.39, 0.29) is 26.9 Å². The van der Waals surface area contributed by atoms with Crippen LogP contribution in [0.2, 0.25) is 5.02 Å². The molecule has 0 saturated carbocycles. The Morgan fingerprint density at radius 1 is 1.50 bits per heavy atom. The summed E-state index contributed by atoms with van der Waals surface area (Å²) in [6.45, 7) is 4.97. The molecule has 4 nitrogen and oxygen atoms in total. The zero-order valence-corrected chi connectivity index (χ0v) is 12.8. The van der Waals surface area contributed by atoms with Gasteiger partial charge in [0.15, 0.2) is 5.75 Å². The Balaban J connectivity index is 3.36. The summed E-state index contributed by atoms with van der Waals surface area (Å²) in [5, 5.41) is 9.80. The largest absolute Gasteiger partial charge is 0.505 e. The number of carbonyl (C=O) groups excluding carboxylic acids is 1. The van der Waals surface area contributed by atoms with Gasteiger partial charge in [-0.2, -0.15) is 0 Å². The van der Waals surface area contributed by atoms with Gasteiger partial charge in [-0.1, -0.05) is 11.6 Å². The molecule has 0 saturated heterocycles. The molecule has 0 heterocycles. The normalized spacial score (nSPS) is 10.3. The lowest BCUT2D eigenvalue weighted by molar-refractivity contribution is 0.0769. The molecule has 0 unspecified atom stereocenters. The second kappa shape index (κ2) is 6.29. The van der Waals surface area contributed by atoms with Gasteiger partial charge in [-0.05, 0) is 35.8 Å². The number of phenolic OH excluding ortho intramolecular Hbond substituents is 1. The van der Waals surface area contributed by atoms with Gasteiger partial charge >= 0.3 is 0 Å². The predicted molar refractivity (Wildman–Crippen MR) is 74.6 cm³/mol. The second-order valence-corrected chi connectivity index (χ2v) is 4.78. The summed E-state index contributed by atoms with van der Waals surface area (Å²) >= 11 is 9.05. The van der Waals surface area contributed by atoms with Crippen LogP contribution in [0.25, 0.3) is 0 Å². The van der Waals surface area contributed by atoms with Gasteiger partial charge in [-0.15, -0.1) is 0 Å². The lowest BCUT2D eigenvalue weighted by Crippen LogP contribution is -2.30. The number of aromatic hydroxyl groups is 1. The van der Waals surface area contributed by atoms with Crippen LogP contribution < -0.4 is 4.74 Å². The van der Waals surface area contributed by atoms with Crippen molar-refractivity contribution < 1.29 is 14.6 Å². The lowest BCUT2D eigenvalue weighted by atomic mass is 10.1. The second-order valence-electron chi connectivity index (χ2n) is 3.58. The van der Waals surface area contributed by atoms with Crippen LogP contribution in [0.3, 0.4) is 0 Å². The molecule has 0 aliphatic rings. The van der Waals surface area contributed by atoms with E-state index in [2.05, 4.69) is 15.9 Å². The number of ether oxygens (including phenoxy) is 1. The van der Waals surface area contributed by atoms with Gasteiger partial charge in [0.05, 0.1) is 17.7 Å². The van der Waals surface area contributed by atoms with E-state index in [4.69, 9.17) is 16.3 Å². The van der Waals surface area contributed by atoms with Crippen molar-refractivity contribution in [1.29, 1.82) is 0 Å².